The highest BCUT2D eigenvalue weighted by Crippen LogP contribution is 2.41. The van der Waals surface area contributed by atoms with Crippen molar-refractivity contribution in [2.24, 2.45) is 0 Å². The summed E-state index contributed by atoms with van der Waals surface area (Å²) in [6.45, 7) is 9.16. The highest BCUT2D eigenvalue weighted by Gasteiger charge is 2.32. The molecule has 3 aromatic rings. The van der Waals surface area contributed by atoms with Crippen LogP contribution in [-0.4, -0.2) is 14.2 Å². The Kier molecular flexibility index (Phi) is 5.51. The molecule has 0 heterocycles. The van der Waals surface area contributed by atoms with Gasteiger partial charge in [-0.15, -0.1) is 0 Å². The molecule has 146 valence electrons. The summed E-state index contributed by atoms with van der Waals surface area (Å²) >= 11 is 0. The van der Waals surface area contributed by atoms with Crippen molar-refractivity contribution in [1.82, 2.24) is 0 Å². The van der Waals surface area contributed by atoms with Crippen molar-refractivity contribution in [3.63, 3.8) is 0 Å². The van der Waals surface area contributed by atoms with Gasteiger partial charge in [0.1, 0.15) is 11.5 Å². The molecule has 0 aliphatic rings. The Morgan fingerprint density at radius 2 is 0.821 bits per heavy atom. The van der Waals surface area contributed by atoms with Gasteiger partial charge in [0, 0.05) is 10.8 Å². The molecule has 0 bridgehead atoms. The molecule has 0 radical (unpaired) electrons. The van der Waals surface area contributed by atoms with E-state index in [4.69, 9.17) is 9.47 Å². The van der Waals surface area contributed by atoms with Crippen LogP contribution in [0.15, 0.2) is 72.8 Å². The lowest BCUT2D eigenvalue weighted by atomic mass is 9.68. The fourth-order valence-electron chi connectivity index (χ4n) is 3.90. The summed E-state index contributed by atoms with van der Waals surface area (Å²) in [7, 11) is 3.40. The molecule has 3 aromatic carbocycles. The summed E-state index contributed by atoms with van der Waals surface area (Å²) in [5, 5.41) is 0. The summed E-state index contributed by atoms with van der Waals surface area (Å²) in [5.41, 5.74) is 4.94. The van der Waals surface area contributed by atoms with Crippen LogP contribution in [0.5, 0.6) is 11.5 Å². The third kappa shape index (κ3) is 3.64. The van der Waals surface area contributed by atoms with Gasteiger partial charge in [0.05, 0.1) is 14.2 Å². The fourth-order valence-corrected chi connectivity index (χ4v) is 3.90. The maximum absolute atomic E-state index is 5.33. The lowest BCUT2D eigenvalue weighted by Crippen LogP contribution is -2.28. The van der Waals surface area contributed by atoms with Crippen LogP contribution in [0.4, 0.5) is 0 Å². The molecule has 0 saturated carbocycles. The quantitative estimate of drug-likeness (QED) is 0.500. The maximum Gasteiger partial charge on any atom is 0.118 e. The van der Waals surface area contributed by atoms with Crippen LogP contribution in [0.1, 0.15) is 49.9 Å². The van der Waals surface area contributed by atoms with Gasteiger partial charge >= 0.3 is 0 Å². The molecular weight excluding hydrogens is 344 g/mol. The zero-order valence-electron chi connectivity index (χ0n) is 17.7. The van der Waals surface area contributed by atoms with Gasteiger partial charge in [0.2, 0.25) is 0 Å². The molecule has 0 aliphatic carbocycles. The third-order valence-corrected chi connectivity index (χ3v) is 5.90. The Morgan fingerprint density at radius 3 is 1.11 bits per heavy atom. The molecule has 28 heavy (non-hydrogen) atoms. The van der Waals surface area contributed by atoms with Crippen molar-refractivity contribution < 1.29 is 9.47 Å². The minimum Gasteiger partial charge on any atom is -0.497 e. The van der Waals surface area contributed by atoms with Gasteiger partial charge in [-0.25, -0.2) is 0 Å². The second-order valence-corrected chi connectivity index (χ2v) is 8.25. The van der Waals surface area contributed by atoms with Crippen molar-refractivity contribution in [2.45, 2.75) is 38.5 Å². The van der Waals surface area contributed by atoms with Gasteiger partial charge in [0.15, 0.2) is 0 Å². The van der Waals surface area contributed by atoms with E-state index in [2.05, 4.69) is 76.2 Å². The molecular formula is C26H30O2. The summed E-state index contributed by atoms with van der Waals surface area (Å²) in [5.74, 6) is 1.76. The van der Waals surface area contributed by atoms with Crippen LogP contribution in [-0.2, 0) is 10.8 Å². The van der Waals surface area contributed by atoms with Gasteiger partial charge in [-0.3, -0.25) is 0 Å². The number of benzene rings is 3. The zero-order chi connectivity index (χ0) is 20.4. The van der Waals surface area contributed by atoms with Gasteiger partial charge in [-0.1, -0.05) is 76.2 Å². The molecule has 0 fully saturated rings. The zero-order valence-corrected chi connectivity index (χ0v) is 17.7. The monoisotopic (exact) mass is 374 g/mol. The summed E-state index contributed by atoms with van der Waals surface area (Å²) in [4.78, 5) is 0. The van der Waals surface area contributed by atoms with Crippen molar-refractivity contribution >= 4 is 0 Å². The Morgan fingerprint density at radius 1 is 0.500 bits per heavy atom. The highest BCUT2D eigenvalue weighted by molar-refractivity contribution is 5.50. The second-order valence-electron chi connectivity index (χ2n) is 8.25. The minimum atomic E-state index is -0.132. The SMILES string of the molecule is COc1ccc(C(C)(C)c2ccccc2C(C)(C)c2ccc(OC)cc2)cc1. The molecule has 0 unspecified atom stereocenters. The Hall–Kier alpha value is -2.74. The number of ether oxygens (including phenoxy) is 2. The predicted octanol–water partition coefficient (Wildman–Crippen LogP) is 6.36. The molecule has 0 atom stereocenters. The Bertz CT molecular complexity index is 841. The van der Waals surface area contributed by atoms with E-state index in [1.54, 1.807) is 14.2 Å². The van der Waals surface area contributed by atoms with Gasteiger partial charge in [0.25, 0.3) is 0 Å². The molecule has 0 amide bonds. The lowest BCUT2D eigenvalue weighted by Gasteiger charge is -2.35. The second kappa shape index (κ2) is 7.71. The van der Waals surface area contributed by atoms with E-state index in [-0.39, 0.29) is 10.8 Å². The first kappa shape index (κ1) is 20.0. The van der Waals surface area contributed by atoms with Crippen LogP contribution in [0.3, 0.4) is 0 Å². The first-order valence-electron chi connectivity index (χ1n) is 9.69. The van der Waals surface area contributed by atoms with Crippen molar-refractivity contribution in [3.05, 3.63) is 95.1 Å². The molecule has 2 heteroatoms. The smallest absolute Gasteiger partial charge is 0.118 e. The van der Waals surface area contributed by atoms with Crippen LogP contribution in [0.2, 0.25) is 0 Å². The van der Waals surface area contributed by atoms with E-state index in [9.17, 15) is 0 Å². The van der Waals surface area contributed by atoms with Crippen molar-refractivity contribution in [1.29, 1.82) is 0 Å². The van der Waals surface area contributed by atoms with Gasteiger partial charge in [-0.2, -0.15) is 0 Å². The van der Waals surface area contributed by atoms with E-state index in [0.717, 1.165) is 11.5 Å². The van der Waals surface area contributed by atoms with E-state index in [0.29, 0.717) is 0 Å². The van der Waals surface area contributed by atoms with E-state index in [1.165, 1.54) is 22.3 Å². The summed E-state index contributed by atoms with van der Waals surface area (Å²) in [6.07, 6.45) is 0. The summed E-state index contributed by atoms with van der Waals surface area (Å²) < 4.78 is 10.7. The topological polar surface area (TPSA) is 18.5 Å². The van der Waals surface area contributed by atoms with E-state index >= 15 is 0 Å². The largest absolute Gasteiger partial charge is 0.497 e. The maximum atomic E-state index is 5.33. The molecule has 0 aromatic heterocycles. The molecule has 3 rings (SSSR count). The number of hydrogen-bond donors (Lipinski definition) is 0. The van der Waals surface area contributed by atoms with Crippen LogP contribution >= 0.6 is 0 Å². The standard InChI is InChI=1S/C26H30O2/c1-25(2,19-11-15-21(27-5)16-12-19)23-9-7-8-10-24(23)26(3,4)20-13-17-22(28-6)18-14-20/h7-18H,1-6H3. The Labute approximate surface area is 169 Å². The van der Waals surface area contributed by atoms with E-state index < -0.39 is 0 Å². The van der Waals surface area contributed by atoms with Crippen molar-refractivity contribution in [2.75, 3.05) is 14.2 Å². The lowest BCUT2D eigenvalue weighted by molar-refractivity contribution is 0.414. The van der Waals surface area contributed by atoms with Crippen LogP contribution in [0, 0.1) is 0 Å². The predicted molar refractivity (Wildman–Crippen MR) is 117 cm³/mol. The Balaban J connectivity index is 2.08. The first-order chi connectivity index (χ1) is 13.3. The molecule has 0 spiro atoms. The van der Waals surface area contributed by atoms with Gasteiger partial charge in [-0.05, 0) is 46.5 Å². The third-order valence-electron chi connectivity index (χ3n) is 5.90. The minimum absolute atomic E-state index is 0.132. The van der Waals surface area contributed by atoms with Gasteiger partial charge < -0.3 is 9.47 Å². The van der Waals surface area contributed by atoms with Crippen LogP contribution in [0.25, 0.3) is 0 Å². The number of rotatable bonds is 6. The number of hydrogen-bond acceptors (Lipinski definition) is 2. The number of methoxy groups -OCH3 is 2. The fraction of sp³-hybridized carbons (Fsp3) is 0.308. The highest BCUT2D eigenvalue weighted by atomic mass is 16.5. The van der Waals surface area contributed by atoms with Crippen LogP contribution < -0.4 is 9.47 Å². The molecule has 0 aliphatic heterocycles. The summed E-state index contributed by atoms with van der Waals surface area (Å²) in [6, 6.07) is 25.6. The molecule has 0 saturated heterocycles. The average molecular weight is 375 g/mol. The van der Waals surface area contributed by atoms with Crippen molar-refractivity contribution in [3.8, 4) is 11.5 Å². The average Bonchev–Trinajstić information content (AvgIpc) is 2.73. The molecule has 2 nitrogen and oxygen atoms in total. The molecule has 0 N–H and O–H groups in total. The van der Waals surface area contributed by atoms with E-state index in [1.807, 2.05) is 24.3 Å². The first-order valence-corrected chi connectivity index (χ1v) is 9.69. The normalized spacial score (nSPS) is 11.9.